The molecule has 1 aromatic heterocycles. The van der Waals surface area contributed by atoms with Crippen molar-refractivity contribution in [3.63, 3.8) is 0 Å². The lowest BCUT2D eigenvalue weighted by atomic mass is 10.1. The molecule has 0 spiro atoms. The second-order valence-corrected chi connectivity index (χ2v) is 5.34. The van der Waals surface area contributed by atoms with Crippen molar-refractivity contribution in [2.75, 3.05) is 0 Å². The SMILES string of the molecule is Cn1ncc(Br)c1C(O)c1ccc(Br)cc1F. The molecule has 1 N–H and O–H groups in total. The largest absolute Gasteiger partial charge is 0.382 e. The van der Waals surface area contributed by atoms with Crippen LogP contribution in [0.15, 0.2) is 33.3 Å². The first-order valence-corrected chi connectivity index (χ1v) is 6.39. The fourth-order valence-electron chi connectivity index (χ4n) is 1.60. The number of aryl methyl sites for hydroxylation is 1. The average Bonchev–Trinajstić information content (AvgIpc) is 2.58. The molecular formula is C11H9Br2FN2O. The van der Waals surface area contributed by atoms with E-state index in [0.717, 1.165) is 0 Å². The number of halogens is 3. The van der Waals surface area contributed by atoms with Gasteiger partial charge >= 0.3 is 0 Å². The second-order valence-electron chi connectivity index (χ2n) is 3.57. The van der Waals surface area contributed by atoms with E-state index in [1.54, 1.807) is 25.4 Å². The molecule has 2 aromatic rings. The van der Waals surface area contributed by atoms with E-state index >= 15 is 0 Å². The summed E-state index contributed by atoms with van der Waals surface area (Å²) in [6.07, 6.45) is 0.514. The molecule has 1 atom stereocenters. The molecule has 90 valence electrons. The number of benzene rings is 1. The number of hydrogen-bond acceptors (Lipinski definition) is 2. The molecule has 1 aromatic carbocycles. The van der Waals surface area contributed by atoms with Gasteiger partial charge in [0.15, 0.2) is 0 Å². The number of aliphatic hydroxyl groups excluding tert-OH is 1. The number of rotatable bonds is 2. The maximum Gasteiger partial charge on any atom is 0.130 e. The minimum atomic E-state index is -1.05. The average molecular weight is 364 g/mol. The lowest BCUT2D eigenvalue weighted by Crippen LogP contribution is -2.09. The van der Waals surface area contributed by atoms with Crippen LogP contribution in [0.1, 0.15) is 17.4 Å². The molecule has 0 radical (unpaired) electrons. The van der Waals surface area contributed by atoms with Crippen LogP contribution < -0.4 is 0 Å². The minimum Gasteiger partial charge on any atom is -0.382 e. The van der Waals surface area contributed by atoms with Gasteiger partial charge < -0.3 is 5.11 Å². The molecule has 0 bridgehead atoms. The molecule has 3 nitrogen and oxygen atoms in total. The van der Waals surface area contributed by atoms with E-state index < -0.39 is 11.9 Å². The normalized spacial score (nSPS) is 12.8. The minimum absolute atomic E-state index is 0.220. The van der Waals surface area contributed by atoms with Crippen LogP contribution in [-0.2, 0) is 7.05 Å². The third kappa shape index (κ3) is 2.43. The Kier molecular flexibility index (Phi) is 3.65. The van der Waals surface area contributed by atoms with E-state index in [1.165, 1.54) is 10.7 Å². The molecule has 2 rings (SSSR count). The molecule has 0 aliphatic carbocycles. The molecule has 0 saturated heterocycles. The highest BCUT2D eigenvalue weighted by molar-refractivity contribution is 9.10. The van der Waals surface area contributed by atoms with E-state index in [1.807, 2.05) is 0 Å². The second kappa shape index (κ2) is 4.88. The Morgan fingerprint density at radius 2 is 2.12 bits per heavy atom. The van der Waals surface area contributed by atoms with E-state index in [9.17, 15) is 9.50 Å². The Morgan fingerprint density at radius 3 is 2.65 bits per heavy atom. The van der Waals surface area contributed by atoms with Gasteiger partial charge in [-0.2, -0.15) is 5.10 Å². The first-order chi connectivity index (χ1) is 8.00. The van der Waals surface area contributed by atoms with Gasteiger partial charge in [0, 0.05) is 17.1 Å². The summed E-state index contributed by atoms with van der Waals surface area (Å²) in [5, 5.41) is 14.2. The first kappa shape index (κ1) is 12.7. The van der Waals surface area contributed by atoms with Crippen LogP contribution in [0.25, 0.3) is 0 Å². The smallest absolute Gasteiger partial charge is 0.130 e. The Hall–Kier alpha value is -0.720. The zero-order chi connectivity index (χ0) is 12.6. The van der Waals surface area contributed by atoms with Crippen LogP contribution >= 0.6 is 31.9 Å². The maximum atomic E-state index is 13.7. The van der Waals surface area contributed by atoms with Crippen LogP contribution in [0.4, 0.5) is 4.39 Å². The monoisotopic (exact) mass is 362 g/mol. The lowest BCUT2D eigenvalue weighted by Gasteiger charge is -2.13. The topological polar surface area (TPSA) is 38.0 Å². The van der Waals surface area contributed by atoms with Gasteiger partial charge in [-0.3, -0.25) is 4.68 Å². The lowest BCUT2D eigenvalue weighted by molar-refractivity contribution is 0.204. The van der Waals surface area contributed by atoms with Crippen molar-refractivity contribution in [1.29, 1.82) is 0 Å². The van der Waals surface area contributed by atoms with E-state index in [2.05, 4.69) is 37.0 Å². The summed E-state index contributed by atoms with van der Waals surface area (Å²) in [4.78, 5) is 0. The van der Waals surface area contributed by atoms with Gasteiger partial charge in [0.05, 0.1) is 16.4 Å². The fraction of sp³-hybridized carbons (Fsp3) is 0.182. The van der Waals surface area contributed by atoms with Crippen molar-refractivity contribution in [3.8, 4) is 0 Å². The van der Waals surface area contributed by atoms with E-state index in [0.29, 0.717) is 14.6 Å². The summed E-state index contributed by atoms with van der Waals surface area (Å²) < 4.78 is 16.5. The van der Waals surface area contributed by atoms with Gasteiger partial charge in [0.1, 0.15) is 11.9 Å². The number of aliphatic hydroxyl groups is 1. The van der Waals surface area contributed by atoms with Crippen LogP contribution in [0.5, 0.6) is 0 Å². The van der Waals surface area contributed by atoms with Gasteiger partial charge in [-0.25, -0.2) is 4.39 Å². The molecule has 1 heterocycles. The number of aromatic nitrogens is 2. The fourth-order valence-corrected chi connectivity index (χ4v) is 2.50. The van der Waals surface area contributed by atoms with Crippen molar-refractivity contribution in [2.45, 2.75) is 6.10 Å². The highest BCUT2D eigenvalue weighted by Gasteiger charge is 2.21. The molecule has 0 saturated carbocycles. The summed E-state index contributed by atoms with van der Waals surface area (Å²) in [6, 6.07) is 4.55. The zero-order valence-corrected chi connectivity index (χ0v) is 12.0. The van der Waals surface area contributed by atoms with Crippen LogP contribution in [0.2, 0.25) is 0 Å². The number of hydrogen-bond donors (Lipinski definition) is 1. The summed E-state index contributed by atoms with van der Waals surface area (Å²) in [5.74, 6) is -0.458. The molecule has 0 fully saturated rings. The summed E-state index contributed by atoms with van der Waals surface area (Å²) in [6.45, 7) is 0. The molecule has 0 aliphatic heterocycles. The summed E-state index contributed by atoms with van der Waals surface area (Å²) in [7, 11) is 1.69. The molecule has 0 aliphatic rings. The molecule has 6 heteroatoms. The third-order valence-corrected chi connectivity index (χ3v) is 3.56. The summed E-state index contributed by atoms with van der Waals surface area (Å²) in [5.41, 5.74) is 0.740. The third-order valence-electron chi connectivity index (χ3n) is 2.45. The van der Waals surface area contributed by atoms with Crippen molar-refractivity contribution in [1.82, 2.24) is 9.78 Å². The Balaban J connectivity index is 2.47. The van der Waals surface area contributed by atoms with E-state index in [4.69, 9.17) is 0 Å². The van der Waals surface area contributed by atoms with Crippen molar-refractivity contribution in [2.24, 2.45) is 7.05 Å². The Bertz CT molecular complexity index is 537. The van der Waals surface area contributed by atoms with Crippen molar-refractivity contribution >= 4 is 31.9 Å². The molecule has 17 heavy (non-hydrogen) atoms. The van der Waals surface area contributed by atoms with Crippen LogP contribution in [-0.4, -0.2) is 14.9 Å². The molecule has 0 amide bonds. The maximum absolute atomic E-state index is 13.7. The Labute approximate surface area is 115 Å². The predicted molar refractivity (Wildman–Crippen MR) is 69.1 cm³/mol. The quantitative estimate of drug-likeness (QED) is 0.889. The van der Waals surface area contributed by atoms with Crippen LogP contribution in [0, 0.1) is 5.82 Å². The first-order valence-electron chi connectivity index (χ1n) is 4.81. The molecular weight excluding hydrogens is 355 g/mol. The predicted octanol–water partition coefficient (Wildman–Crippen LogP) is 3.17. The highest BCUT2D eigenvalue weighted by Crippen LogP contribution is 2.30. The van der Waals surface area contributed by atoms with Gasteiger partial charge in [-0.15, -0.1) is 0 Å². The Morgan fingerprint density at radius 1 is 1.41 bits per heavy atom. The van der Waals surface area contributed by atoms with Gasteiger partial charge in [0.25, 0.3) is 0 Å². The highest BCUT2D eigenvalue weighted by atomic mass is 79.9. The van der Waals surface area contributed by atoms with Gasteiger partial charge in [0.2, 0.25) is 0 Å². The summed E-state index contributed by atoms with van der Waals surface area (Å²) >= 11 is 6.45. The van der Waals surface area contributed by atoms with Gasteiger partial charge in [-0.1, -0.05) is 22.0 Å². The van der Waals surface area contributed by atoms with Crippen LogP contribution in [0.3, 0.4) is 0 Å². The zero-order valence-electron chi connectivity index (χ0n) is 8.86. The van der Waals surface area contributed by atoms with Crippen molar-refractivity contribution in [3.05, 3.63) is 50.4 Å². The number of nitrogens with zero attached hydrogens (tertiary/aromatic N) is 2. The standard InChI is InChI=1S/C11H9Br2FN2O/c1-16-10(8(13)5-15-16)11(17)7-3-2-6(12)4-9(7)14/h2-5,11,17H,1H3. The van der Waals surface area contributed by atoms with E-state index in [-0.39, 0.29) is 5.56 Å². The van der Waals surface area contributed by atoms with Crippen molar-refractivity contribution < 1.29 is 9.50 Å². The van der Waals surface area contributed by atoms with Gasteiger partial charge in [-0.05, 0) is 28.1 Å². The molecule has 1 unspecified atom stereocenters.